The number of nitrogens with one attached hydrogen (secondary N) is 1. The topological polar surface area (TPSA) is 68.0 Å². The van der Waals surface area contributed by atoms with Gasteiger partial charge in [-0.3, -0.25) is 4.79 Å². The first-order valence-corrected chi connectivity index (χ1v) is 11.2. The second-order valence-electron chi connectivity index (χ2n) is 7.64. The van der Waals surface area contributed by atoms with E-state index in [1.807, 2.05) is 39.8 Å². The fraction of sp³-hybridized carbons (Fsp3) is 0.318. The molecule has 0 aliphatic rings. The Kier molecular flexibility index (Phi) is 7.11. The minimum absolute atomic E-state index is 0.169. The van der Waals surface area contributed by atoms with E-state index in [1.54, 1.807) is 24.4 Å². The Balaban J connectivity index is 1.70. The van der Waals surface area contributed by atoms with Crippen molar-refractivity contribution in [3.05, 3.63) is 74.7 Å². The van der Waals surface area contributed by atoms with E-state index in [0.717, 1.165) is 22.6 Å². The van der Waals surface area contributed by atoms with Crippen molar-refractivity contribution in [1.29, 1.82) is 0 Å². The third-order valence-electron chi connectivity index (χ3n) is 4.94. The van der Waals surface area contributed by atoms with Crippen molar-refractivity contribution < 1.29 is 9.32 Å². The number of nitrogens with zero attached hydrogens (tertiary/aromatic N) is 2. The summed E-state index contributed by atoms with van der Waals surface area (Å²) in [5.41, 5.74) is 3.09. The van der Waals surface area contributed by atoms with Gasteiger partial charge in [-0.2, -0.15) is 0 Å². The second-order valence-corrected chi connectivity index (χ2v) is 9.42. The molecule has 0 aliphatic carbocycles. The van der Waals surface area contributed by atoms with Crippen LogP contribution in [0, 0.1) is 13.8 Å². The zero-order valence-corrected chi connectivity index (χ0v) is 19.6. The Bertz CT molecular complexity index is 1050. The maximum absolute atomic E-state index is 12.9. The number of carbonyl (C=O) groups is 1. The molecule has 0 fully saturated rings. The third kappa shape index (κ3) is 5.17. The molecule has 0 atom stereocenters. The van der Waals surface area contributed by atoms with Crippen LogP contribution in [0.25, 0.3) is 0 Å². The molecule has 0 radical (unpaired) electrons. The molecule has 1 N–H and O–H groups in total. The molecule has 0 aliphatic heterocycles. The number of rotatable bonds is 7. The molecule has 1 aromatic carbocycles. The summed E-state index contributed by atoms with van der Waals surface area (Å²) in [6.45, 7) is 8.32. The molecule has 2 aromatic heterocycles. The maximum atomic E-state index is 12.9. The van der Waals surface area contributed by atoms with Crippen molar-refractivity contribution in [3.63, 3.8) is 0 Å². The highest BCUT2D eigenvalue weighted by Gasteiger charge is 2.24. The van der Waals surface area contributed by atoms with Crippen LogP contribution in [-0.4, -0.2) is 22.6 Å². The fourth-order valence-corrected chi connectivity index (χ4v) is 4.39. The lowest BCUT2D eigenvalue weighted by Crippen LogP contribution is -2.37. The second kappa shape index (κ2) is 9.41. The molecule has 0 spiro atoms. The van der Waals surface area contributed by atoms with Crippen LogP contribution in [0.3, 0.4) is 0 Å². The lowest BCUT2D eigenvalue weighted by molar-refractivity contribution is 0.0942. The summed E-state index contributed by atoms with van der Waals surface area (Å²) in [5.74, 6) is 1.25. The smallest absolute Gasteiger partial charge is 0.254 e. The average Bonchev–Trinajstić information content (AvgIpc) is 3.04. The standard InChI is InChI=1S/C22H23Cl2N3O2S/c1-13-17(14(2)29-27-13)11-30-21-16(6-5-9-25-21)20(28)26-12-22(3,4)15-7-8-18(23)19(24)10-15/h5-10H,11-12H2,1-4H3,(H,26,28). The molecule has 3 aromatic rings. The van der Waals surface area contributed by atoms with Crippen molar-refractivity contribution in [3.8, 4) is 0 Å². The predicted molar refractivity (Wildman–Crippen MR) is 122 cm³/mol. The summed E-state index contributed by atoms with van der Waals surface area (Å²) in [4.78, 5) is 17.3. The van der Waals surface area contributed by atoms with E-state index in [-0.39, 0.29) is 11.3 Å². The van der Waals surface area contributed by atoms with E-state index in [4.69, 9.17) is 27.7 Å². The molecular formula is C22H23Cl2N3O2S. The first kappa shape index (κ1) is 22.7. The summed E-state index contributed by atoms with van der Waals surface area (Å²) < 4.78 is 5.21. The van der Waals surface area contributed by atoms with E-state index >= 15 is 0 Å². The first-order valence-electron chi connectivity index (χ1n) is 9.42. The van der Waals surface area contributed by atoms with Crippen LogP contribution in [0.4, 0.5) is 0 Å². The molecule has 3 rings (SSSR count). The number of carbonyl (C=O) groups excluding carboxylic acids is 1. The first-order chi connectivity index (χ1) is 14.2. The number of pyridine rings is 1. The number of thioether (sulfide) groups is 1. The van der Waals surface area contributed by atoms with Gasteiger partial charge >= 0.3 is 0 Å². The third-order valence-corrected chi connectivity index (χ3v) is 6.71. The molecule has 30 heavy (non-hydrogen) atoms. The number of aryl methyl sites for hydroxylation is 2. The van der Waals surface area contributed by atoms with Crippen LogP contribution < -0.4 is 5.32 Å². The Hall–Kier alpha value is -2.02. The number of aromatic nitrogens is 2. The van der Waals surface area contributed by atoms with Gasteiger partial charge in [-0.25, -0.2) is 4.98 Å². The van der Waals surface area contributed by atoms with Gasteiger partial charge in [-0.15, -0.1) is 11.8 Å². The molecule has 2 heterocycles. The van der Waals surface area contributed by atoms with Gasteiger partial charge in [-0.1, -0.05) is 48.3 Å². The normalized spacial score (nSPS) is 11.5. The molecule has 0 saturated heterocycles. The Labute approximate surface area is 190 Å². The van der Waals surface area contributed by atoms with E-state index in [1.165, 1.54) is 11.8 Å². The van der Waals surface area contributed by atoms with Crippen molar-refractivity contribution >= 4 is 40.9 Å². The highest BCUT2D eigenvalue weighted by Crippen LogP contribution is 2.30. The lowest BCUT2D eigenvalue weighted by Gasteiger charge is -2.26. The molecule has 158 valence electrons. The van der Waals surface area contributed by atoms with Gasteiger partial charge in [0.2, 0.25) is 0 Å². The van der Waals surface area contributed by atoms with Crippen LogP contribution in [0.1, 0.15) is 46.8 Å². The van der Waals surface area contributed by atoms with E-state index in [9.17, 15) is 4.79 Å². The molecule has 0 unspecified atom stereocenters. The van der Waals surface area contributed by atoms with Crippen LogP contribution in [0.2, 0.25) is 10.0 Å². The zero-order chi connectivity index (χ0) is 21.9. The lowest BCUT2D eigenvalue weighted by atomic mass is 9.84. The van der Waals surface area contributed by atoms with Crippen LogP contribution in [0.5, 0.6) is 0 Å². The Morgan fingerprint density at radius 1 is 1.20 bits per heavy atom. The van der Waals surface area contributed by atoms with Crippen LogP contribution in [-0.2, 0) is 11.2 Å². The number of hydrogen-bond donors (Lipinski definition) is 1. The summed E-state index contributed by atoms with van der Waals surface area (Å²) in [7, 11) is 0. The Morgan fingerprint density at radius 2 is 1.97 bits per heavy atom. The number of amides is 1. The minimum atomic E-state index is -0.323. The molecule has 0 saturated carbocycles. The highest BCUT2D eigenvalue weighted by atomic mass is 35.5. The van der Waals surface area contributed by atoms with Gasteiger partial charge in [0.05, 0.1) is 21.3 Å². The zero-order valence-electron chi connectivity index (χ0n) is 17.3. The monoisotopic (exact) mass is 463 g/mol. The van der Waals surface area contributed by atoms with Crippen LogP contribution in [0.15, 0.2) is 46.1 Å². The maximum Gasteiger partial charge on any atom is 0.254 e. The fourth-order valence-electron chi connectivity index (χ4n) is 2.94. The number of benzene rings is 1. The van der Waals surface area contributed by atoms with E-state index < -0.39 is 0 Å². The average molecular weight is 464 g/mol. The number of hydrogen-bond acceptors (Lipinski definition) is 5. The number of halogens is 2. The quantitative estimate of drug-likeness (QED) is 0.435. The van der Waals surface area contributed by atoms with E-state index in [0.29, 0.717) is 32.9 Å². The largest absolute Gasteiger partial charge is 0.361 e. The van der Waals surface area contributed by atoms with Gasteiger partial charge in [-0.05, 0) is 43.7 Å². The summed E-state index contributed by atoms with van der Waals surface area (Å²) in [6.07, 6.45) is 1.69. The molecule has 1 amide bonds. The van der Waals surface area contributed by atoms with Gasteiger partial charge in [0.1, 0.15) is 10.8 Å². The highest BCUT2D eigenvalue weighted by molar-refractivity contribution is 7.98. The van der Waals surface area contributed by atoms with Crippen molar-refractivity contribution in [2.24, 2.45) is 0 Å². The van der Waals surface area contributed by atoms with Gasteiger partial charge < -0.3 is 9.84 Å². The van der Waals surface area contributed by atoms with Crippen molar-refractivity contribution in [2.75, 3.05) is 6.54 Å². The summed E-state index contributed by atoms with van der Waals surface area (Å²) in [6, 6.07) is 9.08. The van der Waals surface area contributed by atoms with Crippen molar-refractivity contribution in [2.45, 2.75) is 43.9 Å². The predicted octanol–water partition coefficient (Wildman–Crippen LogP) is 5.99. The molecule has 8 heteroatoms. The molecule has 5 nitrogen and oxygen atoms in total. The summed E-state index contributed by atoms with van der Waals surface area (Å²) in [5, 5.41) is 8.68. The molecular weight excluding hydrogens is 441 g/mol. The SMILES string of the molecule is Cc1noc(C)c1CSc1ncccc1C(=O)NCC(C)(C)c1ccc(Cl)c(Cl)c1. The van der Waals surface area contributed by atoms with Gasteiger partial charge in [0.25, 0.3) is 5.91 Å². The van der Waals surface area contributed by atoms with Crippen molar-refractivity contribution in [1.82, 2.24) is 15.5 Å². The summed E-state index contributed by atoms with van der Waals surface area (Å²) >= 11 is 13.7. The van der Waals surface area contributed by atoms with Gasteiger partial charge in [0, 0.05) is 29.5 Å². The van der Waals surface area contributed by atoms with E-state index in [2.05, 4.69) is 15.5 Å². The van der Waals surface area contributed by atoms with Gasteiger partial charge in [0.15, 0.2) is 0 Å². The Morgan fingerprint density at radius 3 is 2.63 bits per heavy atom. The minimum Gasteiger partial charge on any atom is -0.361 e. The molecule has 0 bridgehead atoms. The van der Waals surface area contributed by atoms with Crippen LogP contribution >= 0.6 is 35.0 Å².